The number of hydrogen-bond acceptors (Lipinski definition) is 5. The number of benzene rings is 2. The van der Waals surface area contributed by atoms with Gasteiger partial charge in [0.2, 0.25) is 0 Å². The number of rotatable bonds is 7. The number of aromatic nitrogens is 3. The van der Waals surface area contributed by atoms with Gasteiger partial charge in [0.15, 0.2) is 11.8 Å². The predicted octanol–water partition coefficient (Wildman–Crippen LogP) is 6.53. The molecule has 0 aliphatic carbocycles. The number of imidazole rings is 1. The van der Waals surface area contributed by atoms with E-state index in [1.807, 2.05) is 49.4 Å². The van der Waals surface area contributed by atoms with Crippen LogP contribution < -0.4 is 4.74 Å². The summed E-state index contributed by atoms with van der Waals surface area (Å²) in [6.45, 7) is 0.720. The number of pyridine rings is 1. The van der Waals surface area contributed by atoms with Gasteiger partial charge in [-0.15, -0.1) is 0 Å². The summed E-state index contributed by atoms with van der Waals surface area (Å²) in [5, 5.41) is 0.788. The first-order valence-corrected chi connectivity index (χ1v) is 11.1. The standard InChI is InChI=1S/C22H18F3N3OS2/c1-15-5-4-6-18(11-15)31-28-20-8-3-2-7-19(20)27-21(28)30-13-16-12-17(9-10-26-16)29-14-22(23,24)25/h2-12H,13-14H2,1H3. The summed E-state index contributed by atoms with van der Waals surface area (Å²) in [5.74, 6) is 0.589. The molecule has 31 heavy (non-hydrogen) atoms. The third kappa shape index (κ3) is 5.74. The molecule has 0 aliphatic heterocycles. The number of halogens is 3. The van der Waals surface area contributed by atoms with Crippen molar-refractivity contribution < 1.29 is 17.9 Å². The number of para-hydroxylation sites is 2. The molecular formula is C22H18F3N3OS2. The number of nitrogens with zero attached hydrogens (tertiary/aromatic N) is 3. The Morgan fingerprint density at radius 2 is 1.87 bits per heavy atom. The van der Waals surface area contributed by atoms with Crippen molar-refractivity contribution in [1.29, 1.82) is 0 Å². The molecule has 160 valence electrons. The van der Waals surface area contributed by atoms with Crippen LogP contribution in [0, 0.1) is 6.92 Å². The molecule has 0 amide bonds. The summed E-state index contributed by atoms with van der Waals surface area (Å²) >= 11 is 3.05. The predicted molar refractivity (Wildman–Crippen MR) is 118 cm³/mol. The lowest BCUT2D eigenvalue weighted by Crippen LogP contribution is -2.19. The van der Waals surface area contributed by atoms with Crippen molar-refractivity contribution >= 4 is 34.7 Å². The Morgan fingerprint density at radius 3 is 2.68 bits per heavy atom. The molecule has 4 rings (SSSR count). The largest absolute Gasteiger partial charge is 0.484 e. The van der Waals surface area contributed by atoms with Crippen molar-refractivity contribution in [3.63, 3.8) is 0 Å². The van der Waals surface area contributed by atoms with Crippen LogP contribution in [0.15, 0.2) is 76.9 Å². The first-order valence-electron chi connectivity index (χ1n) is 9.37. The maximum absolute atomic E-state index is 12.4. The van der Waals surface area contributed by atoms with Gasteiger partial charge in [-0.3, -0.25) is 8.96 Å². The lowest BCUT2D eigenvalue weighted by atomic mass is 10.2. The van der Waals surface area contributed by atoms with E-state index in [1.165, 1.54) is 35.7 Å². The average Bonchev–Trinajstić information content (AvgIpc) is 3.08. The number of aryl methyl sites for hydroxylation is 1. The Balaban J connectivity index is 1.55. The van der Waals surface area contributed by atoms with Gasteiger partial charge < -0.3 is 4.74 Å². The lowest BCUT2D eigenvalue weighted by molar-refractivity contribution is -0.153. The Hall–Kier alpha value is -2.65. The third-order valence-corrected chi connectivity index (χ3v) is 6.32. The van der Waals surface area contributed by atoms with E-state index < -0.39 is 12.8 Å². The second-order valence-corrected chi connectivity index (χ2v) is 8.72. The van der Waals surface area contributed by atoms with E-state index >= 15 is 0 Å². The molecule has 0 unspecified atom stereocenters. The van der Waals surface area contributed by atoms with Gasteiger partial charge in [0, 0.05) is 22.9 Å². The smallest absolute Gasteiger partial charge is 0.422 e. The normalized spacial score (nSPS) is 11.7. The van der Waals surface area contributed by atoms with E-state index in [2.05, 4.69) is 15.0 Å². The quantitative estimate of drug-likeness (QED) is 0.293. The fourth-order valence-corrected chi connectivity index (χ4v) is 4.91. The van der Waals surface area contributed by atoms with Crippen LogP contribution in [0.25, 0.3) is 11.0 Å². The SMILES string of the molecule is Cc1cccc(Sn2c(SCc3cc(OCC(F)(F)F)ccn3)nc3ccccc32)c1. The van der Waals surface area contributed by atoms with Gasteiger partial charge in [-0.05, 0) is 54.8 Å². The number of thioether (sulfide) groups is 1. The number of alkyl halides is 3. The summed E-state index contributed by atoms with van der Waals surface area (Å²) in [6.07, 6.45) is -2.93. The lowest BCUT2D eigenvalue weighted by Gasteiger charge is -2.10. The zero-order valence-electron chi connectivity index (χ0n) is 16.5. The highest BCUT2D eigenvalue weighted by molar-refractivity contribution is 8.01. The molecule has 0 saturated heterocycles. The molecule has 0 saturated carbocycles. The molecule has 0 atom stereocenters. The number of fused-ring (bicyclic) bond motifs is 1. The Labute approximate surface area is 186 Å². The van der Waals surface area contributed by atoms with Crippen LogP contribution in [0.1, 0.15) is 11.3 Å². The van der Waals surface area contributed by atoms with Crippen molar-refractivity contribution in [3.05, 3.63) is 78.1 Å². The maximum atomic E-state index is 12.4. The van der Waals surface area contributed by atoms with E-state index in [0.717, 1.165) is 21.1 Å². The number of ether oxygens (including phenoxy) is 1. The van der Waals surface area contributed by atoms with E-state index in [0.29, 0.717) is 11.4 Å². The highest BCUT2D eigenvalue weighted by Crippen LogP contribution is 2.34. The summed E-state index contributed by atoms with van der Waals surface area (Å²) in [7, 11) is 0. The van der Waals surface area contributed by atoms with Gasteiger partial charge in [-0.2, -0.15) is 13.2 Å². The van der Waals surface area contributed by atoms with Gasteiger partial charge in [-0.25, -0.2) is 4.98 Å². The van der Waals surface area contributed by atoms with E-state index in [1.54, 1.807) is 11.9 Å². The van der Waals surface area contributed by atoms with Gasteiger partial charge in [0.1, 0.15) is 5.75 Å². The topological polar surface area (TPSA) is 39.9 Å². The molecular weight excluding hydrogens is 443 g/mol. The third-order valence-electron chi connectivity index (χ3n) is 4.22. The minimum Gasteiger partial charge on any atom is -0.484 e. The van der Waals surface area contributed by atoms with Crippen LogP contribution in [0.2, 0.25) is 0 Å². The summed E-state index contributed by atoms with van der Waals surface area (Å²) in [6, 6.07) is 19.0. The van der Waals surface area contributed by atoms with Gasteiger partial charge in [0.05, 0.1) is 16.7 Å². The second kappa shape index (κ2) is 9.23. The Bertz CT molecular complexity index is 1190. The first kappa shape index (κ1) is 21.6. The van der Waals surface area contributed by atoms with Crippen LogP contribution >= 0.6 is 23.7 Å². The van der Waals surface area contributed by atoms with Crippen LogP contribution in [0.5, 0.6) is 5.75 Å². The molecule has 0 spiro atoms. The van der Waals surface area contributed by atoms with Crippen LogP contribution in [-0.2, 0) is 5.75 Å². The molecule has 4 nitrogen and oxygen atoms in total. The minimum atomic E-state index is -4.38. The monoisotopic (exact) mass is 461 g/mol. The molecule has 9 heteroatoms. The molecule has 2 heterocycles. The van der Waals surface area contributed by atoms with Crippen LogP contribution in [-0.4, -0.2) is 26.7 Å². The van der Waals surface area contributed by atoms with Crippen molar-refractivity contribution in [1.82, 2.24) is 13.9 Å². The molecule has 2 aromatic heterocycles. The first-order chi connectivity index (χ1) is 14.9. The molecule has 0 aliphatic rings. The minimum absolute atomic E-state index is 0.144. The fraction of sp³-hybridized carbons (Fsp3) is 0.182. The fourth-order valence-electron chi connectivity index (χ4n) is 2.87. The van der Waals surface area contributed by atoms with Crippen LogP contribution in [0.4, 0.5) is 13.2 Å². The van der Waals surface area contributed by atoms with Crippen LogP contribution in [0.3, 0.4) is 0 Å². The van der Waals surface area contributed by atoms with Gasteiger partial charge in [0.25, 0.3) is 0 Å². The second-order valence-electron chi connectivity index (χ2n) is 6.76. The van der Waals surface area contributed by atoms with E-state index in [9.17, 15) is 13.2 Å². The maximum Gasteiger partial charge on any atom is 0.422 e. The molecule has 0 radical (unpaired) electrons. The van der Waals surface area contributed by atoms with E-state index in [4.69, 9.17) is 9.72 Å². The van der Waals surface area contributed by atoms with Gasteiger partial charge in [-0.1, -0.05) is 36.0 Å². The molecule has 0 fully saturated rings. The van der Waals surface area contributed by atoms with Gasteiger partial charge >= 0.3 is 6.18 Å². The van der Waals surface area contributed by atoms with Crippen molar-refractivity contribution in [2.24, 2.45) is 0 Å². The average molecular weight is 462 g/mol. The number of hydrogen-bond donors (Lipinski definition) is 0. The van der Waals surface area contributed by atoms with E-state index in [-0.39, 0.29) is 5.75 Å². The summed E-state index contributed by atoms with van der Waals surface area (Å²) in [5.41, 5.74) is 3.65. The highest BCUT2D eigenvalue weighted by atomic mass is 32.2. The summed E-state index contributed by atoms with van der Waals surface area (Å²) < 4.78 is 44.1. The molecule has 4 aromatic rings. The van der Waals surface area contributed by atoms with Crippen molar-refractivity contribution in [2.75, 3.05) is 6.61 Å². The Morgan fingerprint density at radius 1 is 1.03 bits per heavy atom. The Kier molecular flexibility index (Phi) is 6.43. The molecule has 2 aromatic carbocycles. The highest BCUT2D eigenvalue weighted by Gasteiger charge is 2.28. The van der Waals surface area contributed by atoms with Crippen molar-refractivity contribution in [3.8, 4) is 5.75 Å². The zero-order valence-corrected chi connectivity index (χ0v) is 18.1. The molecule has 0 bridgehead atoms. The molecule has 0 N–H and O–H groups in total. The summed E-state index contributed by atoms with van der Waals surface area (Å²) in [4.78, 5) is 10.1. The zero-order chi connectivity index (χ0) is 21.8. The van der Waals surface area contributed by atoms with Crippen molar-refractivity contribution in [2.45, 2.75) is 28.9 Å².